The van der Waals surface area contributed by atoms with Crippen LogP contribution in [0.25, 0.3) is 0 Å². The number of anilines is 2. The Labute approximate surface area is 247 Å². The van der Waals surface area contributed by atoms with E-state index in [9.17, 15) is 23.6 Å². The number of hydrogen-bond donors (Lipinski definition) is 2. The Morgan fingerprint density at radius 3 is 2.55 bits per heavy atom. The second kappa shape index (κ2) is 11.1. The number of carbonyl (C=O) groups excluding carboxylic acids is 3. The van der Waals surface area contributed by atoms with Gasteiger partial charge in [-0.2, -0.15) is 0 Å². The summed E-state index contributed by atoms with van der Waals surface area (Å²) in [7, 11) is 1.46. The number of rotatable bonds is 7. The fraction of sp³-hybridized carbons (Fsp3) is 0.200. The Bertz CT molecular complexity index is 1770. The molecule has 9 nitrogen and oxygen atoms in total. The first kappa shape index (κ1) is 27.7. The van der Waals surface area contributed by atoms with Gasteiger partial charge in [-0.15, -0.1) is 0 Å². The van der Waals surface area contributed by atoms with Crippen molar-refractivity contribution in [2.45, 2.75) is 23.1 Å². The molecule has 214 valence electrons. The Balaban J connectivity index is 1.30. The quantitative estimate of drug-likeness (QED) is 0.293. The van der Waals surface area contributed by atoms with Crippen molar-refractivity contribution in [3.63, 3.8) is 0 Å². The second-order valence-electron chi connectivity index (χ2n) is 9.85. The van der Waals surface area contributed by atoms with Crippen molar-refractivity contribution >= 4 is 52.2 Å². The number of aromatic amines is 1. The summed E-state index contributed by atoms with van der Waals surface area (Å²) in [4.78, 5) is 56.4. The summed E-state index contributed by atoms with van der Waals surface area (Å²) in [5.41, 5.74) is 2.58. The molecule has 4 aromatic rings. The molecule has 0 radical (unpaired) electrons. The van der Waals surface area contributed by atoms with Gasteiger partial charge in [0.15, 0.2) is 18.1 Å². The average Bonchev–Trinajstić information content (AvgIpc) is 3.46. The number of thiazole rings is 1. The largest absolute Gasteiger partial charge is 0.493 e. The summed E-state index contributed by atoms with van der Waals surface area (Å²) in [6.07, 6.45) is 0. The van der Waals surface area contributed by atoms with Crippen LogP contribution in [0.1, 0.15) is 21.9 Å². The number of nitrogens with zero attached hydrogens (tertiary/aromatic N) is 1. The number of nitrogens with one attached hydrogen (secondary N) is 2. The SMILES string of the molecule is COc1cc([C@H]2c3sc(=O)[nH]c3SC3C(=O)N(c4ccc(F)cc4)C(=O)C32)ccc1OCC(=O)Nc1cccc(C)c1. The van der Waals surface area contributed by atoms with Gasteiger partial charge in [0.25, 0.3) is 5.91 Å². The van der Waals surface area contributed by atoms with Crippen molar-refractivity contribution < 1.29 is 28.2 Å². The topological polar surface area (TPSA) is 118 Å². The average molecular weight is 606 g/mol. The zero-order chi connectivity index (χ0) is 29.5. The minimum atomic E-state index is -0.817. The first-order valence-electron chi connectivity index (χ1n) is 12.9. The molecule has 1 aromatic heterocycles. The van der Waals surface area contributed by atoms with E-state index < -0.39 is 34.7 Å². The summed E-state index contributed by atoms with van der Waals surface area (Å²) >= 11 is 2.14. The lowest BCUT2D eigenvalue weighted by Crippen LogP contribution is -2.32. The molecule has 3 aromatic carbocycles. The molecule has 2 unspecified atom stereocenters. The fourth-order valence-electron chi connectivity index (χ4n) is 5.28. The number of benzene rings is 3. The minimum absolute atomic E-state index is 0.266. The molecule has 3 atom stereocenters. The molecule has 2 aliphatic heterocycles. The minimum Gasteiger partial charge on any atom is -0.493 e. The molecule has 1 saturated heterocycles. The number of carbonyl (C=O) groups is 3. The summed E-state index contributed by atoms with van der Waals surface area (Å²) in [6.45, 7) is 1.66. The molecule has 12 heteroatoms. The van der Waals surface area contributed by atoms with E-state index >= 15 is 0 Å². The molecule has 0 saturated carbocycles. The van der Waals surface area contributed by atoms with E-state index in [1.807, 2.05) is 25.1 Å². The zero-order valence-corrected chi connectivity index (χ0v) is 24.0. The van der Waals surface area contributed by atoms with Gasteiger partial charge in [-0.25, -0.2) is 9.29 Å². The van der Waals surface area contributed by atoms with Crippen LogP contribution < -0.4 is 24.6 Å². The van der Waals surface area contributed by atoms with Gasteiger partial charge in [0, 0.05) is 16.5 Å². The van der Waals surface area contributed by atoms with Crippen molar-refractivity contribution in [3.05, 3.63) is 98.2 Å². The Morgan fingerprint density at radius 1 is 1.02 bits per heavy atom. The number of thioether (sulfide) groups is 1. The summed E-state index contributed by atoms with van der Waals surface area (Å²) in [6, 6.07) is 17.6. The van der Waals surface area contributed by atoms with Crippen LogP contribution in [0, 0.1) is 18.7 Å². The first-order valence-corrected chi connectivity index (χ1v) is 14.6. The van der Waals surface area contributed by atoms with E-state index in [4.69, 9.17) is 9.47 Å². The zero-order valence-electron chi connectivity index (χ0n) is 22.4. The van der Waals surface area contributed by atoms with Crippen molar-refractivity contribution in [2.24, 2.45) is 5.92 Å². The lowest BCUT2D eigenvalue weighted by molar-refractivity contribution is -0.122. The van der Waals surface area contributed by atoms with Gasteiger partial charge in [0.1, 0.15) is 11.1 Å². The molecular weight excluding hydrogens is 581 g/mol. The van der Waals surface area contributed by atoms with E-state index in [-0.39, 0.29) is 23.1 Å². The lowest BCUT2D eigenvalue weighted by atomic mass is 9.83. The summed E-state index contributed by atoms with van der Waals surface area (Å²) in [5.74, 6) is -2.52. The van der Waals surface area contributed by atoms with Crippen LogP contribution >= 0.6 is 23.1 Å². The number of halogens is 1. The molecule has 0 spiro atoms. The third-order valence-corrected chi connectivity index (χ3v) is 9.52. The molecule has 3 amide bonds. The first-order chi connectivity index (χ1) is 20.2. The molecule has 42 heavy (non-hydrogen) atoms. The monoisotopic (exact) mass is 605 g/mol. The highest BCUT2D eigenvalue weighted by Gasteiger charge is 2.56. The number of aryl methyl sites for hydroxylation is 1. The molecule has 6 rings (SSSR count). The van der Waals surface area contributed by atoms with Gasteiger partial charge in [-0.05, 0) is 66.6 Å². The van der Waals surface area contributed by atoms with Gasteiger partial charge in [-0.3, -0.25) is 19.2 Å². The smallest absolute Gasteiger partial charge is 0.305 e. The molecule has 2 aliphatic rings. The van der Waals surface area contributed by atoms with Crippen LogP contribution in [0.15, 0.2) is 76.6 Å². The van der Waals surface area contributed by atoms with E-state index in [1.54, 1.807) is 24.3 Å². The maximum absolute atomic E-state index is 13.8. The number of H-pyrrole nitrogens is 1. The maximum Gasteiger partial charge on any atom is 0.305 e. The Hall–Kier alpha value is -4.42. The predicted molar refractivity (Wildman–Crippen MR) is 157 cm³/mol. The van der Waals surface area contributed by atoms with Crippen molar-refractivity contribution in [1.29, 1.82) is 0 Å². The normalized spacial score (nSPS) is 19.3. The Morgan fingerprint density at radius 2 is 1.81 bits per heavy atom. The van der Waals surface area contributed by atoms with Crippen molar-refractivity contribution in [2.75, 3.05) is 23.9 Å². The van der Waals surface area contributed by atoms with Gasteiger partial charge < -0.3 is 19.8 Å². The van der Waals surface area contributed by atoms with E-state index in [1.165, 1.54) is 31.4 Å². The van der Waals surface area contributed by atoms with E-state index in [2.05, 4.69) is 10.3 Å². The van der Waals surface area contributed by atoms with Gasteiger partial charge in [0.05, 0.1) is 23.7 Å². The highest BCUT2D eigenvalue weighted by atomic mass is 32.2. The highest BCUT2D eigenvalue weighted by molar-refractivity contribution is 8.00. The van der Waals surface area contributed by atoms with Crippen LogP contribution in [0.3, 0.4) is 0 Å². The van der Waals surface area contributed by atoms with Crippen LogP contribution in [-0.2, 0) is 14.4 Å². The molecule has 2 N–H and O–H groups in total. The number of aromatic nitrogens is 1. The number of hydrogen-bond acceptors (Lipinski definition) is 8. The standard InChI is InChI=1S/C30H24FN3O6S2/c1-15-4-3-5-18(12-15)32-22(35)14-40-20-11-6-16(13-21(20)39-2)23-24-26(41-27-25(23)42-30(38)33-27)29(37)34(28(24)36)19-9-7-17(31)8-10-19/h3-13,23-24,26H,14H2,1-2H3,(H,32,35)(H,33,38)/t23-,24?,26?/m1/s1. The summed E-state index contributed by atoms with van der Waals surface area (Å²) in [5, 5.41) is 2.53. The van der Waals surface area contributed by atoms with Crippen molar-refractivity contribution in [1.82, 2.24) is 4.98 Å². The molecule has 1 fully saturated rings. The molecule has 0 aliphatic carbocycles. The molecule has 3 heterocycles. The van der Waals surface area contributed by atoms with Crippen molar-refractivity contribution in [3.8, 4) is 11.5 Å². The third kappa shape index (κ3) is 5.07. The van der Waals surface area contributed by atoms with Gasteiger partial charge in [0.2, 0.25) is 11.8 Å². The summed E-state index contributed by atoms with van der Waals surface area (Å²) < 4.78 is 24.9. The number of imide groups is 1. The molecule has 0 bridgehead atoms. The number of methoxy groups -OCH3 is 1. The van der Waals surface area contributed by atoms with E-state index in [0.29, 0.717) is 32.7 Å². The lowest BCUT2D eigenvalue weighted by Gasteiger charge is -2.30. The third-order valence-electron chi connectivity index (χ3n) is 7.12. The predicted octanol–water partition coefficient (Wildman–Crippen LogP) is 4.71. The van der Waals surface area contributed by atoms with Crippen LogP contribution in [-0.4, -0.2) is 41.7 Å². The second-order valence-corrected chi connectivity index (χ2v) is 12.0. The highest BCUT2D eigenvalue weighted by Crippen LogP contribution is 2.53. The maximum atomic E-state index is 13.8. The van der Waals surface area contributed by atoms with Crippen LogP contribution in [0.5, 0.6) is 11.5 Å². The number of fused-ring (bicyclic) bond motifs is 2. The van der Waals surface area contributed by atoms with Crippen LogP contribution in [0.4, 0.5) is 15.8 Å². The van der Waals surface area contributed by atoms with Gasteiger partial charge in [-0.1, -0.05) is 41.3 Å². The van der Waals surface area contributed by atoms with Gasteiger partial charge >= 0.3 is 4.87 Å². The van der Waals surface area contributed by atoms with E-state index in [0.717, 1.165) is 33.6 Å². The number of ether oxygens (including phenoxy) is 2. The Kier molecular flexibility index (Phi) is 7.33. The fourth-order valence-corrected chi connectivity index (χ4v) is 7.80. The number of amides is 3. The van der Waals surface area contributed by atoms with Crippen LogP contribution in [0.2, 0.25) is 0 Å². The molecular formula is C30H24FN3O6S2.